The fourth-order valence-corrected chi connectivity index (χ4v) is 5.18. The van der Waals surface area contributed by atoms with E-state index in [2.05, 4.69) is 56.5 Å². The molecule has 0 bridgehead atoms. The summed E-state index contributed by atoms with van der Waals surface area (Å²) in [4.78, 5) is 8.92. The van der Waals surface area contributed by atoms with Crippen molar-refractivity contribution in [3.63, 3.8) is 0 Å². The second kappa shape index (κ2) is 7.95. The third-order valence-electron chi connectivity index (χ3n) is 3.85. The minimum absolute atomic E-state index is 0.640. The molecule has 3 aromatic heterocycles. The Hall–Kier alpha value is -1.97. The Morgan fingerprint density at radius 3 is 2.59 bits per heavy atom. The van der Waals surface area contributed by atoms with E-state index >= 15 is 0 Å². The van der Waals surface area contributed by atoms with Crippen LogP contribution in [-0.2, 0) is 11.5 Å². The smallest absolute Gasteiger partial charge is 0.216 e. The van der Waals surface area contributed by atoms with Gasteiger partial charge in [-0.25, -0.2) is 9.50 Å². The molecule has 27 heavy (non-hydrogen) atoms. The zero-order chi connectivity index (χ0) is 18.8. The fourth-order valence-electron chi connectivity index (χ4n) is 2.52. The number of nitrogens with zero attached hydrogens (tertiary/aromatic N) is 6. The molecule has 0 amide bonds. The number of fused-ring (bicyclic) bond motifs is 1. The van der Waals surface area contributed by atoms with E-state index in [9.17, 15) is 0 Å². The van der Waals surface area contributed by atoms with Gasteiger partial charge in [-0.15, -0.1) is 15.3 Å². The van der Waals surface area contributed by atoms with E-state index in [1.165, 1.54) is 11.1 Å². The van der Waals surface area contributed by atoms with Crippen molar-refractivity contribution in [3.8, 4) is 0 Å². The molecular weight excluding hydrogens is 396 g/mol. The van der Waals surface area contributed by atoms with Gasteiger partial charge in [0.1, 0.15) is 5.01 Å². The summed E-state index contributed by atoms with van der Waals surface area (Å²) >= 11 is 4.91. The van der Waals surface area contributed by atoms with Crippen LogP contribution in [0.5, 0.6) is 0 Å². The van der Waals surface area contributed by atoms with E-state index in [4.69, 9.17) is 0 Å². The zero-order valence-electron chi connectivity index (χ0n) is 15.2. The van der Waals surface area contributed by atoms with Crippen LogP contribution < -0.4 is 0 Å². The molecule has 0 aliphatic rings. The highest BCUT2D eigenvalue weighted by molar-refractivity contribution is 8.00. The normalized spacial score (nSPS) is 11.4. The molecule has 4 aromatic rings. The topological polar surface area (TPSA) is 68.9 Å². The summed E-state index contributed by atoms with van der Waals surface area (Å²) < 4.78 is 2.76. The number of rotatable bonds is 6. The van der Waals surface area contributed by atoms with Crippen LogP contribution >= 0.6 is 34.9 Å². The quantitative estimate of drug-likeness (QED) is 0.431. The Morgan fingerprint density at radius 2 is 1.78 bits per heavy atom. The first-order valence-corrected chi connectivity index (χ1v) is 11.2. The molecule has 138 valence electrons. The molecule has 0 unspecified atom stereocenters. The van der Waals surface area contributed by atoms with Gasteiger partial charge in [0.2, 0.25) is 5.16 Å². The maximum absolute atomic E-state index is 4.52. The van der Waals surface area contributed by atoms with Crippen molar-refractivity contribution in [3.05, 3.63) is 57.9 Å². The average molecular weight is 415 g/mol. The van der Waals surface area contributed by atoms with Crippen molar-refractivity contribution in [2.75, 3.05) is 0 Å². The predicted molar refractivity (Wildman–Crippen MR) is 110 cm³/mol. The molecule has 0 aliphatic heterocycles. The summed E-state index contributed by atoms with van der Waals surface area (Å²) in [5.74, 6) is 2.25. The van der Waals surface area contributed by atoms with Crippen LogP contribution in [-0.4, -0.2) is 29.8 Å². The molecule has 0 fully saturated rings. The first-order chi connectivity index (χ1) is 13.1. The van der Waals surface area contributed by atoms with Gasteiger partial charge in [-0.05, 0) is 32.4 Å². The van der Waals surface area contributed by atoms with Crippen LogP contribution in [0.25, 0.3) is 5.78 Å². The summed E-state index contributed by atoms with van der Waals surface area (Å²) in [6.07, 6.45) is 0. The molecule has 0 saturated carbocycles. The van der Waals surface area contributed by atoms with E-state index in [0.29, 0.717) is 16.7 Å². The largest absolute Gasteiger partial charge is 0.253 e. The lowest BCUT2D eigenvalue weighted by Gasteiger charge is -1.98. The van der Waals surface area contributed by atoms with Gasteiger partial charge in [-0.1, -0.05) is 64.7 Å². The highest BCUT2D eigenvalue weighted by atomic mass is 32.2. The zero-order valence-corrected chi connectivity index (χ0v) is 17.7. The number of hydrogen-bond donors (Lipinski definition) is 0. The number of benzene rings is 1. The van der Waals surface area contributed by atoms with Crippen LogP contribution in [0.15, 0.2) is 39.8 Å². The maximum atomic E-state index is 4.52. The second-order valence-corrected chi connectivity index (χ2v) is 9.40. The maximum Gasteiger partial charge on any atom is 0.253 e. The lowest BCUT2D eigenvalue weighted by atomic mass is 10.2. The van der Waals surface area contributed by atoms with E-state index in [1.54, 1.807) is 39.4 Å². The van der Waals surface area contributed by atoms with Gasteiger partial charge in [-0.2, -0.15) is 4.98 Å². The van der Waals surface area contributed by atoms with Crippen molar-refractivity contribution in [1.29, 1.82) is 0 Å². The lowest BCUT2D eigenvalue weighted by Crippen LogP contribution is -1.97. The molecule has 6 nitrogen and oxygen atoms in total. The predicted octanol–water partition coefficient (Wildman–Crippen LogP) is 4.49. The average Bonchev–Trinajstić information content (AvgIpc) is 3.26. The van der Waals surface area contributed by atoms with Crippen molar-refractivity contribution in [2.24, 2.45) is 0 Å². The van der Waals surface area contributed by atoms with E-state index < -0.39 is 0 Å². The molecule has 0 aliphatic carbocycles. The third kappa shape index (κ3) is 4.48. The van der Waals surface area contributed by atoms with Crippen LogP contribution in [0.3, 0.4) is 0 Å². The molecule has 0 spiro atoms. The SMILES string of the molecule is Cc1ccc(CSc2nnc(CSc3nc4nc(C)cc(C)n4n3)s2)cc1. The van der Waals surface area contributed by atoms with E-state index in [0.717, 1.165) is 26.5 Å². The van der Waals surface area contributed by atoms with Gasteiger partial charge in [-0.3, -0.25) is 0 Å². The van der Waals surface area contributed by atoms with Crippen molar-refractivity contribution in [1.82, 2.24) is 29.8 Å². The van der Waals surface area contributed by atoms with Gasteiger partial charge >= 0.3 is 0 Å². The molecule has 0 N–H and O–H groups in total. The van der Waals surface area contributed by atoms with Gasteiger partial charge in [0, 0.05) is 17.1 Å². The van der Waals surface area contributed by atoms with Crippen molar-refractivity contribution in [2.45, 2.75) is 41.8 Å². The Morgan fingerprint density at radius 1 is 0.963 bits per heavy atom. The second-order valence-electron chi connectivity index (χ2n) is 6.17. The van der Waals surface area contributed by atoms with E-state index in [1.807, 2.05) is 19.9 Å². The summed E-state index contributed by atoms with van der Waals surface area (Å²) in [7, 11) is 0. The Kier molecular flexibility index (Phi) is 5.42. The molecule has 4 rings (SSSR count). The van der Waals surface area contributed by atoms with Crippen LogP contribution in [0.2, 0.25) is 0 Å². The standard InChI is InChI=1S/C18H18N6S3/c1-11-4-6-14(7-5-11)9-26-18-22-21-15(27-18)10-25-17-20-16-19-12(2)8-13(3)24(16)23-17/h4-8H,9-10H2,1-3H3. The lowest BCUT2D eigenvalue weighted by molar-refractivity contribution is 0.843. The highest BCUT2D eigenvalue weighted by Gasteiger charge is 2.11. The van der Waals surface area contributed by atoms with Crippen molar-refractivity contribution >= 4 is 40.6 Å². The Bertz CT molecular complexity index is 1070. The first-order valence-electron chi connectivity index (χ1n) is 8.41. The van der Waals surface area contributed by atoms with E-state index in [-0.39, 0.29) is 0 Å². The molecule has 9 heteroatoms. The molecule has 0 atom stereocenters. The Labute approximate surface area is 169 Å². The summed E-state index contributed by atoms with van der Waals surface area (Å²) in [5.41, 5.74) is 4.55. The number of hydrogen-bond acceptors (Lipinski definition) is 8. The number of aromatic nitrogens is 6. The molecule has 3 heterocycles. The molecule has 0 saturated heterocycles. The summed E-state index contributed by atoms with van der Waals surface area (Å²) in [6, 6.07) is 10.6. The molecular formula is C18H18N6S3. The molecule has 0 radical (unpaired) electrons. The van der Waals surface area contributed by atoms with Crippen LogP contribution in [0.4, 0.5) is 0 Å². The van der Waals surface area contributed by atoms with Gasteiger partial charge < -0.3 is 0 Å². The third-order valence-corrected chi connectivity index (χ3v) is 7.01. The molecule has 1 aromatic carbocycles. The fraction of sp³-hybridized carbons (Fsp3) is 0.278. The number of thioether (sulfide) groups is 2. The van der Waals surface area contributed by atoms with Gasteiger partial charge in [0.15, 0.2) is 4.34 Å². The monoisotopic (exact) mass is 414 g/mol. The number of aryl methyl sites for hydroxylation is 3. The van der Waals surface area contributed by atoms with Gasteiger partial charge in [0.25, 0.3) is 5.78 Å². The Balaban J connectivity index is 1.36. The minimum Gasteiger partial charge on any atom is -0.216 e. The minimum atomic E-state index is 0.640. The summed E-state index contributed by atoms with van der Waals surface area (Å²) in [6.45, 7) is 6.07. The van der Waals surface area contributed by atoms with Crippen LogP contribution in [0, 0.1) is 20.8 Å². The highest BCUT2D eigenvalue weighted by Crippen LogP contribution is 2.29. The first kappa shape index (κ1) is 18.4. The van der Waals surface area contributed by atoms with Crippen LogP contribution in [0.1, 0.15) is 27.5 Å². The van der Waals surface area contributed by atoms with Gasteiger partial charge in [0.05, 0.1) is 5.75 Å². The summed E-state index contributed by atoms with van der Waals surface area (Å²) in [5, 5.41) is 14.8. The van der Waals surface area contributed by atoms with Crippen molar-refractivity contribution < 1.29 is 0 Å².